The van der Waals surface area contributed by atoms with E-state index < -0.39 is 0 Å². The fourth-order valence-corrected chi connectivity index (χ4v) is 3.00. The van der Waals surface area contributed by atoms with Crippen LogP contribution in [-0.2, 0) is 0 Å². The second-order valence-electron chi connectivity index (χ2n) is 5.59. The van der Waals surface area contributed by atoms with Crippen molar-refractivity contribution in [2.75, 3.05) is 32.5 Å². The lowest BCUT2D eigenvalue weighted by atomic mass is 10.0. The van der Waals surface area contributed by atoms with Crippen molar-refractivity contribution < 1.29 is 9.53 Å². The van der Waals surface area contributed by atoms with E-state index in [4.69, 9.17) is 10.5 Å². The third-order valence-corrected chi connectivity index (χ3v) is 4.14. The summed E-state index contributed by atoms with van der Waals surface area (Å²) in [5.74, 6) is 0.793. The topological polar surface area (TPSA) is 67.6 Å². The van der Waals surface area contributed by atoms with Crippen LogP contribution < -0.4 is 15.8 Å². The normalized spacial score (nSPS) is 17.8. The van der Waals surface area contributed by atoms with Gasteiger partial charge in [0.25, 0.3) is 5.91 Å². The van der Waals surface area contributed by atoms with Crippen molar-refractivity contribution in [3.8, 4) is 5.75 Å². The predicted octanol–water partition coefficient (Wildman–Crippen LogP) is 2.06. The molecule has 0 spiro atoms. The molecule has 5 nitrogen and oxygen atoms in total. The van der Waals surface area contributed by atoms with Crippen LogP contribution in [0.3, 0.4) is 0 Å². The Hall–Kier alpha value is -2.53. The maximum absolute atomic E-state index is 12.9. The summed E-state index contributed by atoms with van der Waals surface area (Å²) >= 11 is 0. The number of carbonyl (C=O) groups excluding carboxylic acids is 1. The van der Waals surface area contributed by atoms with Gasteiger partial charge in [-0.05, 0) is 24.3 Å². The highest BCUT2D eigenvalue weighted by Crippen LogP contribution is 2.31. The van der Waals surface area contributed by atoms with Crippen LogP contribution in [-0.4, -0.2) is 37.6 Å². The number of methoxy groups -OCH3 is 1. The van der Waals surface area contributed by atoms with Crippen molar-refractivity contribution in [2.24, 2.45) is 0 Å². The Kier molecular flexibility index (Phi) is 4.48. The standard InChI is InChI=1S/C18H21N3O2/c1-23-17-8-3-2-7-15(17)16-12-20-9-10-21(16)18(22)13-5-4-6-14(19)11-13/h2-8,11,16,20H,9-10,12,19H2,1H3. The molecule has 1 amide bonds. The van der Waals surface area contributed by atoms with E-state index in [0.29, 0.717) is 24.3 Å². The minimum Gasteiger partial charge on any atom is -0.496 e. The van der Waals surface area contributed by atoms with Gasteiger partial charge >= 0.3 is 0 Å². The zero-order chi connectivity index (χ0) is 16.2. The molecule has 1 heterocycles. The van der Waals surface area contributed by atoms with Crippen LogP contribution in [0.5, 0.6) is 5.75 Å². The van der Waals surface area contributed by atoms with Crippen LogP contribution in [0.2, 0.25) is 0 Å². The molecule has 1 atom stereocenters. The molecular weight excluding hydrogens is 290 g/mol. The quantitative estimate of drug-likeness (QED) is 0.852. The zero-order valence-electron chi connectivity index (χ0n) is 13.2. The lowest BCUT2D eigenvalue weighted by Gasteiger charge is -2.37. The van der Waals surface area contributed by atoms with Gasteiger partial charge in [-0.1, -0.05) is 24.3 Å². The van der Waals surface area contributed by atoms with Crippen LogP contribution in [0.25, 0.3) is 0 Å². The predicted molar refractivity (Wildman–Crippen MR) is 90.5 cm³/mol. The third-order valence-electron chi connectivity index (χ3n) is 4.14. The number of piperazine rings is 1. The van der Waals surface area contributed by atoms with Crippen molar-refractivity contribution in [1.82, 2.24) is 10.2 Å². The molecule has 0 saturated carbocycles. The van der Waals surface area contributed by atoms with Crippen molar-refractivity contribution in [2.45, 2.75) is 6.04 Å². The zero-order valence-corrected chi connectivity index (χ0v) is 13.2. The molecule has 1 unspecified atom stereocenters. The molecule has 23 heavy (non-hydrogen) atoms. The van der Waals surface area contributed by atoms with Gasteiger partial charge in [0.2, 0.25) is 0 Å². The average molecular weight is 311 g/mol. The van der Waals surface area contributed by atoms with Gasteiger partial charge in [-0.15, -0.1) is 0 Å². The van der Waals surface area contributed by atoms with Crippen LogP contribution >= 0.6 is 0 Å². The van der Waals surface area contributed by atoms with E-state index in [0.717, 1.165) is 17.9 Å². The first-order valence-electron chi connectivity index (χ1n) is 7.71. The molecule has 1 fully saturated rings. The van der Waals surface area contributed by atoms with Gasteiger partial charge in [0.15, 0.2) is 0 Å². The van der Waals surface area contributed by atoms with E-state index in [1.54, 1.807) is 25.3 Å². The number of nitrogens with one attached hydrogen (secondary N) is 1. The van der Waals surface area contributed by atoms with Gasteiger partial charge in [-0.2, -0.15) is 0 Å². The largest absolute Gasteiger partial charge is 0.496 e. The van der Waals surface area contributed by atoms with E-state index in [1.807, 2.05) is 35.2 Å². The summed E-state index contributed by atoms with van der Waals surface area (Å²) in [6.07, 6.45) is 0. The Morgan fingerprint density at radius 2 is 2.09 bits per heavy atom. The molecular formula is C18H21N3O2. The van der Waals surface area contributed by atoms with E-state index in [1.165, 1.54) is 0 Å². The first-order valence-corrected chi connectivity index (χ1v) is 7.71. The number of nitrogens with zero attached hydrogens (tertiary/aromatic N) is 1. The first-order chi connectivity index (χ1) is 11.2. The summed E-state index contributed by atoms with van der Waals surface area (Å²) in [7, 11) is 1.65. The molecule has 0 aromatic heterocycles. The number of nitrogen functional groups attached to an aromatic ring is 1. The van der Waals surface area contributed by atoms with Gasteiger partial charge in [0.1, 0.15) is 5.75 Å². The molecule has 1 aliphatic heterocycles. The number of hydrogen-bond donors (Lipinski definition) is 2. The summed E-state index contributed by atoms with van der Waals surface area (Å²) in [6.45, 7) is 2.13. The highest BCUT2D eigenvalue weighted by atomic mass is 16.5. The Balaban J connectivity index is 1.94. The maximum atomic E-state index is 12.9. The number of para-hydroxylation sites is 1. The van der Waals surface area contributed by atoms with Gasteiger partial charge < -0.3 is 20.7 Å². The minimum absolute atomic E-state index is 0.00490. The maximum Gasteiger partial charge on any atom is 0.254 e. The smallest absolute Gasteiger partial charge is 0.254 e. The average Bonchev–Trinajstić information content (AvgIpc) is 2.61. The lowest BCUT2D eigenvalue weighted by Crippen LogP contribution is -2.48. The van der Waals surface area contributed by atoms with E-state index in [9.17, 15) is 4.79 Å². The monoisotopic (exact) mass is 311 g/mol. The molecule has 5 heteroatoms. The molecule has 3 rings (SSSR count). The molecule has 0 radical (unpaired) electrons. The number of hydrogen-bond acceptors (Lipinski definition) is 4. The van der Waals surface area contributed by atoms with Gasteiger partial charge in [-0.25, -0.2) is 0 Å². The number of benzene rings is 2. The highest BCUT2D eigenvalue weighted by Gasteiger charge is 2.30. The molecule has 0 bridgehead atoms. The summed E-state index contributed by atoms with van der Waals surface area (Å²) in [5.41, 5.74) is 8.04. The van der Waals surface area contributed by atoms with Crippen LogP contribution in [0.4, 0.5) is 5.69 Å². The van der Waals surface area contributed by atoms with Crippen molar-refractivity contribution in [3.05, 3.63) is 59.7 Å². The van der Waals surface area contributed by atoms with Crippen molar-refractivity contribution >= 4 is 11.6 Å². The Labute approximate surface area is 136 Å². The van der Waals surface area contributed by atoms with E-state index >= 15 is 0 Å². The number of anilines is 1. The summed E-state index contributed by atoms with van der Waals surface area (Å²) in [5, 5.41) is 3.36. The van der Waals surface area contributed by atoms with E-state index in [2.05, 4.69) is 5.32 Å². The second kappa shape index (κ2) is 6.71. The number of ether oxygens (including phenoxy) is 1. The Bertz CT molecular complexity index is 702. The molecule has 1 aliphatic rings. The van der Waals surface area contributed by atoms with Crippen molar-refractivity contribution in [3.63, 3.8) is 0 Å². The van der Waals surface area contributed by atoms with Gasteiger partial charge in [0.05, 0.1) is 13.2 Å². The number of rotatable bonds is 3. The van der Waals surface area contributed by atoms with Crippen molar-refractivity contribution in [1.29, 1.82) is 0 Å². The summed E-state index contributed by atoms with van der Waals surface area (Å²) in [6, 6.07) is 14.9. The molecule has 120 valence electrons. The summed E-state index contributed by atoms with van der Waals surface area (Å²) in [4.78, 5) is 14.8. The highest BCUT2D eigenvalue weighted by molar-refractivity contribution is 5.95. The summed E-state index contributed by atoms with van der Waals surface area (Å²) < 4.78 is 5.47. The Morgan fingerprint density at radius 1 is 1.26 bits per heavy atom. The third kappa shape index (κ3) is 3.14. The fourth-order valence-electron chi connectivity index (χ4n) is 3.00. The van der Waals surface area contributed by atoms with Gasteiger partial charge in [0, 0.05) is 36.4 Å². The minimum atomic E-state index is -0.0613. The SMILES string of the molecule is COc1ccccc1C1CNCCN1C(=O)c1cccc(N)c1. The van der Waals surface area contributed by atoms with Gasteiger partial charge in [-0.3, -0.25) is 4.79 Å². The number of amides is 1. The van der Waals surface area contributed by atoms with Crippen LogP contribution in [0, 0.1) is 0 Å². The molecule has 2 aromatic rings. The molecule has 0 aliphatic carbocycles. The second-order valence-corrected chi connectivity index (χ2v) is 5.59. The first kappa shape index (κ1) is 15.4. The Morgan fingerprint density at radius 3 is 2.87 bits per heavy atom. The number of nitrogens with two attached hydrogens (primary N) is 1. The molecule has 1 saturated heterocycles. The van der Waals surface area contributed by atoms with Crippen LogP contribution in [0.15, 0.2) is 48.5 Å². The fraction of sp³-hybridized carbons (Fsp3) is 0.278. The van der Waals surface area contributed by atoms with E-state index in [-0.39, 0.29) is 11.9 Å². The molecule has 2 aromatic carbocycles. The molecule has 3 N–H and O–H groups in total. The van der Waals surface area contributed by atoms with Crippen LogP contribution in [0.1, 0.15) is 22.0 Å². The lowest BCUT2D eigenvalue weighted by molar-refractivity contribution is 0.0631. The number of carbonyl (C=O) groups is 1.